The van der Waals surface area contributed by atoms with Gasteiger partial charge in [0.2, 0.25) is 0 Å². The number of amides is 1. The van der Waals surface area contributed by atoms with E-state index in [4.69, 9.17) is 4.42 Å². The molecule has 1 aliphatic rings. The molecule has 1 aliphatic heterocycles. The lowest BCUT2D eigenvalue weighted by atomic mass is 9.99. The van der Waals surface area contributed by atoms with Crippen LogP contribution in [0.4, 0.5) is 5.69 Å². The van der Waals surface area contributed by atoms with E-state index in [2.05, 4.69) is 41.4 Å². The van der Waals surface area contributed by atoms with E-state index < -0.39 is 0 Å². The third-order valence-corrected chi connectivity index (χ3v) is 5.92. The summed E-state index contributed by atoms with van der Waals surface area (Å²) in [7, 11) is 0. The molecule has 2 aromatic carbocycles. The van der Waals surface area contributed by atoms with Crippen LogP contribution < -0.4 is 10.2 Å². The number of carbonyl (C=O) groups is 1. The fourth-order valence-electron chi connectivity index (χ4n) is 4.17. The zero-order valence-corrected chi connectivity index (χ0v) is 18.3. The number of benzene rings is 2. The van der Waals surface area contributed by atoms with Crippen molar-refractivity contribution in [2.45, 2.75) is 32.7 Å². The molecule has 0 radical (unpaired) electrons. The molecular formula is C27H30N2O2. The molecular weight excluding hydrogens is 384 g/mol. The van der Waals surface area contributed by atoms with Crippen molar-refractivity contribution >= 4 is 23.2 Å². The normalized spacial score (nSPS) is 17.9. The highest BCUT2D eigenvalue weighted by Crippen LogP contribution is 2.25. The molecule has 0 saturated carbocycles. The Hall–Kier alpha value is -3.27. The molecule has 0 aliphatic carbocycles. The lowest BCUT2D eigenvalue weighted by molar-refractivity contribution is -0.116. The Bertz CT molecular complexity index is 1010. The van der Waals surface area contributed by atoms with Gasteiger partial charge in [-0.25, -0.2) is 0 Å². The Balaban J connectivity index is 1.48. The van der Waals surface area contributed by atoms with Crippen molar-refractivity contribution < 1.29 is 9.21 Å². The van der Waals surface area contributed by atoms with Gasteiger partial charge in [-0.15, -0.1) is 0 Å². The Kier molecular flexibility index (Phi) is 6.56. The van der Waals surface area contributed by atoms with Crippen LogP contribution >= 0.6 is 0 Å². The zero-order chi connectivity index (χ0) is 21.6. The first-order valence-electron chi connectivity index (χ1n) is 11.1. The van der Waals surface area contributed by atoms with Crippen molar-refractivity contribution in [3.63, 3.8) is 0 Å². The maximum Gasteiger partial charge on any atom is 0.252 e. The van der Waals surface area contributed by atoms with Crippen LogP contribution in [0.15, 0.2) is 77.4 Å². The number of hydrogen-bond acceptors (Lipinski definition) is 3. The lowest BCUT2D eigenvalue weighted by Gasteiger charge is -2.33. The molecule has 1 amide bonds. The SMILES string of the molecule is CC1CCCN(c2ccc(C(C)NC(=O)/C(=C/c3ccco3)c3ccccc3)cc2)C1. The molecule has 4 nitrogen and oxygen atoms in total. The third kappa shape index (κ3) is 5.26. The number of nitrogens with zero attached hydrogens (tertiary/aromatic N) is 1. The first kappa shape index (κ1) is 21.0. The van der Waals surface area contributed by atoms with E-state index in [0.717, 1.165) is 30.1 Å². The summed E-state index contributed by atoms with van der Waals surface area (Å²) in [5, 5.41) is 3.15. The summed E-state index contributed by atoms with van der Waals surface area (Å²) < 4.78 is 5.44. The predicted molar refractivity (Wildman–Crippen MR) is 127 cm³/mol. The van der Waals surface area contributed by atoms with Crippen LogP contribution in [0.25, 0.3) is 11.6 Å². The second-order valence-corrected chi connectivity index (χ2v) is 8.42. The Morgan fingerprint density at radius 2 is 1.87 bits per heavy atom. The van der Waals surface area contributed by atoms with Crippen molar-refractivity contribution in [3.8, 4) is 0 Å². The first-order valence-corrected chi connectivity index (χ1v) is 11.1. The molecule has 1 saturated heterocycles. The van der Waals surface area contributed by atoms with E-state index in [1.54, 1.807) is 12.3 Å². The number of furan rings is 1. The van der Waals surface area contributed by atoms with E-state index in [0.29, 0.717) is 11.3 Å². The number of nitrogens with one attached hydrogen (secondary N) is 1. The van der Waals surface area contributed by atoms with Gasteiger partial charge in [-0.05, 0) is 67.2 Å². The zero-order valence-electron chi connectivity index (χ0n) is 18.3. The van der Waals surface area contributed by atoms with Crippen LogP contribution in [0, 0.1) is 5.92 Å². The summed E-state index contributed by atoms with van der Waals surface area (Å²) in [5.41, 5.74) is 3.79. The quantitative estimate of drug-likeness (QED) is 0.508. The summed E-state index contributed by atoms with van der Waals surface area (Å²) in [6.45, 7) is 6.57. The van der Waals surface area contributed by atoms with E-state index >= 15 is 0 Å². The van der Waals surface area contributed by atoms with Gasteiger partial charge in [-0.1, -0.05) is 49.4 Å². The van der Waals surface area contributed by atoms with Crippen molar-refractivity contribution in [1.29, 1.82) is 0 Å². The molecule has 2 atom stereocenters. The molecule has 3 aromatic rings. The highest BCUT2D eigenvalue weighted by Gasteiger charge is 2.18. The minimum atomic E-state index is -0.121. The first-order chi connectivity index (χ1) is 15.1. The summed E-state index contributed by atoms with van der Waals surface area (Å²) in [6, 6.07) is 21.8. The van der Waals surface area contributed by atoms with Gasteiger partial charge in [0, 0.05) is 18.8 Å². The summed E-state index contributed by atoms with van der Waals surface area (Å²) >= 11 is 0. The van der Waals surface area contributed by atoms with Crippen molar-refractivity contribution in [3.05, 3.63) is 89.9 Å². The van der Waals surface area contributed by atoms with Gasteiger partial charge in [-0.3, -0.25) is 4.79 Å². The third-order valence-electron chi connectivity index (χ3n) is 5.92. The molecule has 160 valence electrons. The second-order valence-electron chi connectivity index (χ2n) is 8.42. The predicted octanol–water partition coefficient (Wildman–Crippen LogP) is 5.93. The van der Waals surface area contributed by atoms with Gasteiger partial charge in [0.05, 0.1) is 17.9 Å². The maximum absolute atomic E-state index is 13.2. The molecule has 4 heteroatoms. The molecule has 2 heterocycles. The van der Waals surface area contributed by atoms with Crippen LogP contribution in [-0.2, 0) is 4.79 Å². The van der Waals surface area contributed by atoms with E-state index in [9.17, 15) is 4.79 Å². The van der Waals surface area contributed by atoms with Crippen molar-refractivity contribution in [2.24, 2.45) is 5.92 Å². The van der Waals surface area contributed by atoms with Gasteiger partial charge >= 0.3 is 0 Å². The minimum absolute atomic E-state index is 0.106. The Morgan fingerprint density at radius 1 is 1.10 bits per heavy atom. The Morgan fingerprint density at radius 3 is 2.55 bits per heavy atom. The molecule has 0 bridgehead atoms. The maximum atomic E-state index is 13.2. The van der Waals surface area contributed by atoms with Crippen LogP contribution in [0.2, 0.25) is 0 Å². The van der Waals surface area contributed by atoms with Gasteiger partial charge in [0.1, 0.15) is 5.76 Å². The molecule has 31 heavy (non-hydrogen) atoms. The Labute approximate surface area is 184 Å². The van der Waals surface area contributed by atoms with Crippen LogP contribution in [0.3, 0.4) is 0 Å². The standard InChI is InChI=1S/C27H30N2O2/c1-20-8-6-16-29(19-20)24-14-12-22(13-15-24)21(2)28-27(30)26(18-25-11-7-17-31-25)23-9-4-3-5-10-23/h3-5,7,9-15,17-18,20-21H,6,8,16,19H2,1-2H3,(H,28,30)/b26-18+. The monoisotopic (exact) mass is 414 g/mol. The van der Waals surface area contributed by atoms with Crippen molar-refractivity contribution in [1.82, 2.24) is 5.32 Å². The highest BCUT2D eigenvalue weighted by atomic mass is 16.3. The van der Waals surface area contributed by atoms with Crippen LogP contribution in [-0.4, -0.2) is 19.0 Å². The number of rotatable bonds is 6. The second kappa shape index (κ2) is 9.69. The smallest absolute Gasteiger partial charge is 0.252 e. The number of piperidine rings is 1. The highest BCUT2D eigenvalue weighted by molar-refractivity contribution is 6.24. The van der Waals surface area contributed by atoms with E-state index in [1.807, 2.05) is 49.4 Å². The summed E-state index contributed by atoms with van der Waals surface area (Å²) in [6.07, 6.45) is 5.96. The molecule has 0 spiro atoms. The average Bonchev–Trinajstić information content (AvgIpc) is 3.31. The van der Waals surface area contributed by atoms with E-state index in [1.165, 1.54) is 18.5 Å². The van der Waals surface area contributed by atoms with Gasteiger partial charge in [-0.2, -0.15) is 0 Å². The number of hydrogen-bond donors (Lipinski definition) is 1. The van der Waals surface area contributed by atoms with Gasteiger partial charge in [0.15, 0.2) is 0 Å². The lowest BCUT2D eigenvalue weighted by Crippen LogP contribution is -2.34. The largest absolute Gasteiger partial charge is 0.465 e. The van der Waals surface area contributed by atoms with Crippen molar-refractivity contribution in [2.75, 3.05) is 18.0 Å². The molecule has 2 unspecified atom stereocenters. The average molecular weight is 415 g/mol. The summed E-state index contributed by atoms with van der Waals surface area (Å²) in [5.74, 6) is 1.27. The summed E-state index contributed by atoms with van der Waals surface area (Å²) in [4.78, 5) is 15.6. The fraction of sp³-hybridized carbons (Fsp3) is 0.296. The molecule has 1 aromatic heterocycles. The number of anilines is 1. The van der Waals surface area contributed by atoms with Crippen LogP contribution in [0.5, 0.6) is 0 Å². The molecule has 1 N–H and O–H groups in total. The van der Waals surface area contributed by atoms with Gasteiger partial charge in [0.25, 0.3) is 5.91 Å². The van der Waals surface area contributed by atoms with Crippen LogP contribution in [0.1, 0.15) is 49.6 Å². The molecule has 1 fully saturated rings. The topological polar surface area (TPSA) is 45.5 Å². The molecule has 4 rings (SSSR count). The minimum Gasteiger partial charge on any atom is -0.465 e. The van der Waals surface area contributed by atoms with E-state index in [-0.39, 0.29) is 11.9 Å². The number of carbonyl (C=O) groups excluding carboxylic acids is 1. The van der Waals surface area contributed by atoms with Gasteiger partial charge < -0.3 is 14.6 Å². The fourth-order valence-corrected chi connectivity index (χ4v) is 4.17.